The lowest BCUT2D eigenvalue weighted by molar-refractivity contribution is 0.0872. The zero-order valence-corrected chi connectivity index (χ0v) is 12.6. The summed E-state index contributed by atoms with van der Waals surface area (Å²) in [4.78, 5) is 13.3. The van der Waals surface area contributed by atoms with Crippen LogP contribution in [0.3, 0.4) is 0 Å². The number of hydrogen-bond donors (Lipinski definition) is 1. The minimum atomic E-state index is -0.0742. The van der Waals surface area contributed by atoms with E-state index in [1.54, 1.807) is 7.11 Å². The Morgan fingerprint density at radius 1 is 1.15 bits per heavy atom. The number of anilines is 1. The van der Waals surface area contributed by atoms with Crippen LogP contribution in [0, 0.1) is 0 Å². The molecule has 1 atom stereocenters. The third kappa shape index (κ3) is 3.88. The number of nitrogens with zero attached hydrogens (tertiary/aromatic N) is 3. The van der Waals surface area contributed by atoms with Gasteiger partial charge in [0.25, 0.3) is 0 Å². The SMILES string of the molecule is CCCC(OC)c1nc(N)nc(C2CCCCCC2)n1. The van der Waals surface area contributed by atoms with E-state index in [-0.39, 0.29) is 6.10 Å². The van der Waals surface area contributed by atoms with Crippen molar-refractivity contribution in [2.45, 2.75) is 70.3 Å². The topological polar surface area (TPSA) is 73.9 Å². The van der Waals surface area contributed by atoms with Gasteiger partial charge in [-0.05, 0) is 19.3 Å². The van der Waals surface area contributed by atoms with Crippen molar-refractivity contribution in [1.29, 1.82) is 0 Å². The molecule has 1 saturated carbocycles. The Labute approximate surface area is 121 Å². The molecule has 0 spiro atoms. The number of nitrogens with two attached hydrogens (primary N) is 1. The molecule has 5 heteroatoms. The Bertz CT molecular complexity index is 416. The molecule has 1 aliphatic carbocycles. The van der Waals surface area contributed by atoms with E-state index in [1.807, 2.05) is 0 Å². The Kier molecular flexibility index (Phi) is 5.71. The van der Waals surface area contributed by atoms with Gasteiger partial charge in [-0.25, -0.2) is 4.98 Å². The first-order chi connectivity index (χ1) is 9.74. The molecule has 5 nitrogen and oxygen atoms in total. The highest BCUT2D eigenvalue weighted by Crippen LogP contribution is 2.30. The minimum Gasteiger partial charge on any atom is -0.373 e. The van der Waals surface area contributed by atoms with Crippen molar-refractivity contribution in [3.63, 3.8) is 0 Å². The third-order valence-electron chi connectivity index (χ3n) is 4.03. The summed E-state index contributed by atoms with van der Waals surface area (Å²) in [6.45, 7) is 2.13. The zero-order chi connectivity index (χ0) is 14.4. The van der Waals surface area contributed by atoms with Crippen molar-refractivity contribution < 1.29 is 4.74 Å². The second kappa shape index (κ2) is 7.53. The maximum absolute atomic E-state index is 5.88. The summed E-state index contributed by atoms with van der Waals surface area (Å²) in [6, 6.07) is 0. The van der Waals surface area contributed by atoms with Crippen molar-refractivity contribution in [1.82, 2.24) is 15.0 Å². The van der Waals surface area contributed by atoms with Crippen molar-refractivity contribution in [2.75, 3.05) is 12.8 Å². The average Bonchev–Trinajstić information content (AvgIpc) is 2.73. The van der Waals surface area contributed by atoms with Crippen molar-refractivity contribution in [3.8, 4) is 0 Å². The van der Waals surface area contributed by atoms with Gasteiger partial charge >= 0.3 is 0 Å². The average molecular weight is 278 g/mol. The molecule has 1 heterocycles. The molecule has 2 rings (SSSR count). The molecule has 1 aliphatic rings. The van der Waals surface area contributed by atoms with Crippen LogP contribution in [0.5, 0.6) is 0 Å². The van der Waals surface area contributed by atoms with Gasteiger partial charge in [0.1, 0.15) is 11.9 Å². The Morgan fingerprint density at radius 3 is 2.45 bits per heavy atom. The summed E-state index contributed by atoms with van der Waals surface area (Å²) < 4.78 is 5.49. The molecule has 0 aliphatic heterocycles. The van der Waals surface area contributed by atoms with Crippen molar-refractivity contribution in [2.24, 2.45) is 0 Å². The predicted molar refractivity (Wildman–Crippen MR) is 79.3 cm³/mol. The molecule has 2 N–H and O–H groups in total. The largest absolute Gasteiger partial charge is 0.373 e. The Morgan fingerprint density at radius 2 is 1.85 bits per heavy atom. The first-order valence-electron chi connectivity index (χ1n) is 7.78. The van der Waals surface area contributed by atoms with Gasteiger partial charge in [-0.1, -0.05) is 39.0 Å². The summed E-state index contributed by atoms with van der Waals surface area (Å²) in [5.74, 6) is 2.32. The van der Waals surface area contributed by atoms with Crippen LogP contribution in [0.4, 0.5) is 5.95 Å². The van der Waals surface area contributed by atoms with Crippen LogP contribution in [0.1, 0.15) is 82.0 Å². The van der Waals surface area contributed by atoms with Crippen molar-refractivity contribution in [3.05, 3.63) is 11.6 Å². The number of methoxy groups -OCH3 is 1. The lowest BCUT2D eigenvalue weighted by Crippen LogP contribution is -2.14. The smallest absolute Gasteiger partial charge is 0.223 e. The number of nitrogen functional groups attached to an aromatic ring is 1. The quantitative estimate of drug-likeness (QED) is 0.836. The number of hydrogen-bond acceptors (Lipinski definition) is 5. The summed E-state index contributed by atoms with van der Waals surface area (Å²) in [6.07, 6.45) is 9.34. The molecular weight excluding hydrogens is 252 g/mol. The maximum atomic E-state index is 5.88. The van der Waals surface area contributed by atoms with E-state index in [2.05, 4.69) is 21.9 Å². The second-order valence-corrected chi connectivity index (χ2v) is 5.61. The minimum absolute atomic E-state index is 0.0742. The van der Waals surface area contributed by atoms with E-state index in [1.165, 1.54) is 25.7 Å². The molecule has 1 aromatic heterocycles. The van der Waals surface area contributed by atoms with E-state index in [4.69, 9.17) is 10.5 Å². The lowest BCUT2D eigenvalue weighted by atomic mass is 9.99. The Balaban J connectivity index is 2.22. The number of ether oxygens (including phenoxy) is 1. The van der Waals surface area contributed by atoms with Gasteiger partial charge in [-0.15, -0.1) is 0 Å². The lowest BCUT2D eigenvalue weighted by Gasteiger charge is -2.17. The summed E-state index contributed by atoms with van der Waals surface area (Å²) in [7, 11) is 1.70. The van der Waals surface area contributed by atoms with Crippen molar-refractivity contribution >= 4 is 5.95 Å². The van der Waals surface area contributed by atoms with E-state index >= 15 is 0 Å². The molecule has 1 aromatic rings. The van der Waals surface area contributed by atoms with Gasteiger partial charge in [0.2, 0.25) is 5.95 Å². The van der Waals surface area contributed by atoms with Crippen LogP contribution in [-0.2, 0) is 4.74 Å². The van der Waals surface area contributed by atoms with Gasteiger partial charge in [0.05, 0.1) is 0 Å². The summed E-state index contributed by atoms with van der Waals surface area (Å²) >= 11 is 0. The van der Waals surface area contributed by atoms with E-state index < -0.39 is 0 Å². The van der Waals surface area contributed by atoms with Crippen LogP contribution < -0.4 is 5.73 Å². The first kappa shape index (κ1) is 15.2. The fourth-order valence-electron chi connectivity index (χ4n) is 2.91. The van der Waals surface area contributed by atoms with Crippen LogP contribution in [0.25, 0.3) is 0 Å². The predicted octanol–water partition coefficient (Wildman–Crippen LogP) is 3.38. The highest BCUT2D eigenvalue weighted by molar-refractivity contribution is 5.18. The molecular formula is C15H26N4O. The van der Waals surface area contributed by atoms with E-state index in [0.29, 0.717) is 17.7 Å². The van der Waals surface area contributed by atoms with Gasteiger partial charge < -0.3 is 10.5 Å². The fourth-order valence-corrected chi connectivity index (χ4v) is 2.91. The number of rotatable bonds is 5. The fraction of sp³-hybridized carbons (Fsp3) is 0.800. The highest BCUT2D eigenvalue weighted by atomic mass is 16.5. The normalized spacial score (nSPS) is 18.7. The second-order valence-electron chi connectivity index (χ2n) is 5.61. The van der Waals surface area contributed by atoms with Crippen LogP contribution >= 0.6 is 0 Å². The molecule has 0 bridgehead atoms. The van der Waals surface area contributed by atoms with Gasteiger partial charge in [0.15, 0.2) is 5.82 Å². The molecule has 0 amide bonds. The molecule has 20 heavy (non-hydrogen) atoms. The maximum Gasteiger partial charge on any atom is 0.223 e. The highest BCUT2D eigenvalue weighted by Gasteiger charge is 2.21. The molecule has 0 radical (unpaired) electrons. The monoisotopic (exact) mass is 278 g/mol. The van der Waals surface area contributed by atoms with Crippen LogP contribution in [0.15, 0.2) is 0 Å². The molecule has 0 saturated heterocycles. The Hall–Kier alpha value is -1.23. The number of aromatic nitrogens is 3. The standard InChI is InChI=1S/C15H26N4O/c1-3-8-12(20-2)14-17-13(18-15(16)19-14)11-9-6-4-5-7-10-11/h11-12H,3-10H2,1-2H3,(H2,16,17,18,19). The summed E-state index contributed by atoms with van der Waals surface area (Å²) in [5, 5.41) is 0. The molecule has 112 valence electrons. The van der Waals surface area contributed by atoms with Gasteiger partial charge in [0, 0.05) is 13.0 Å². The first-order valence-corrected chi connectivity index (χ1v) is 7.78. The molecule has 1 fully saturated rings. The summed E-state index contributed by atoms with van der Waals surface area (Å²) in [5.41, 5.74) is 5.88. The van der Waals surface area contributed by atoms with Crippen LogP contribution in [0.2, 0.25) is 0 Å². The van der Waals surface area contributed by atoms with Gasteiger partial charge in [-0.2, -0.15) is 9.97 Å². The van der Waals surface area contributed by atoms with Crippen LogP contribution in [-0.4, -0.2) is 22.1 Å². The molecule has 0 aromatic carbocycles. The van der Waals surface area contributed by atoms with E-state index in [0.717, 1.165) is 31.5 Å². The van der Waals surface area contributed by atoms with E-state index in [9.17, 15) is 0 Å². The third-order valence-corrected chi connectivity index (χ3v) is 4.03. The van der Waals surface area contributed by atoms with Gasteiger partial charge in [-0.3, -0.25) is 0 Å². The molecule has 1 unspecified atom stereocenters. The zero-order valence-electron chi connectivity index (χ0n) is 12.6.